The van der Waals surface area contributed by atoms with Gasteiger partial charge < -0.3 is 49.3 Å². The van der Waals surface area contributed by atoms with E-state index in [9.17, 15) is 40.2 Å². The molecule has 1 saturated heterocycles. The first-order chi connectivity index (χ1) is 18.0. The van der Waals surface area contributed by atoms with Crippen molar-refractivity contribution in [3.63, 3.8) is 0 Å². The fraction of sp³-hybridized carbons (Fsp3) is 0.308. The van der Waals surface area contributed by atoms with Crippen LogP contribution in [-0.2, 0) is 9.53 Å². The number of fused-ring (bicyclic) bond motifs is 1. The lowest BCUT2D eigenvalue weighted by Gasteiger charge is -2.39. The third-order valence-corrected chi connectivity index (χ3v) is 6.09. The van der Waals surface area contributed by atoms with Crippen molar-refractivity contribution in [2.24, 2.45) is 0 Å². The zero-order valence-corrected chi connectivity index (χ0v) is 20.3. The number of carbonyl (C=O) groups is 1. The molecule has 0 radical (unpaired) electrons. The number of phenols is 2. The molecule has 4 rings (SSSR count). The number of rotatable bonds is 6. The van der Waals surface area contributed by atoms with E-state index in [1.54, 1.807) is 19.9 Å². The minimum atomic E-state index is -1.70. The van der Waals surface area contributed by atoms with Crippen LogP contribution in [-0.4, -0.2) is 73.9 Å². The van der Waals surface area contributed by atoms with Crippen molar-refractivity contribution < 1.29 is 54.1 Å². The number of carbonyl (C=O) groups excluding carboxylic acids is 1. The number of phenolic OH excluding ortho intramolecular Hbond substituents is 2. The first-order valence-electron chi connectivity index (χ1n) is 11.5. The SMILES string of the molecule is C/C=C(/C)C(=O)Oc1ccc(-c2cc(=O)c3c(O)cc(O[C@@H]4OC(CO)[C@@H](O)[C@H](O)C4O)cc3o2)cc1O. The highest BCUT2D eigenvalue weighted by atomic mass is 16.7. The van der Waals surface area contributed by atoms with Crippen LogP contribution in [0.15, 0.2) is 57.3 Å². The van der Waals surface area contributed by atoms with E-state index in [-0.39, 0.29) is 39.5 Å². The second-order valence-electron chi connectivity index (χ2n) is 8.65. The molecule has 0 bridgehead atoms. The molecule has 202 valence electrons. The molecule has 0 spiro atoms. The smallest absolute Gasteiger partial charge is 0.338 e. The summed E-state index contributed by atoms with van der Waals surface area (Å²) in [5, 5.41) is 60.1. The monoisotopic (exact) mass is 530 g/mol. The Bertz CT molecular complexity index is 1440. The summed E-state index contributed by atoms with van der Waals surface area (Å²) in [6, 6.07) is 7.41. The first-order valence-corrected chi connectivity index (χ1v) is 11.5. The number of aromatic hydroxyl groups is 2. The predicted octanol–water partition coefficient (Wildman–Crippen LogP) is 0.921. The van der Waals surface area contributed by atoms with Gasteiger partial charge in [0.1, 0.15) is 52.6 Å². The van der Waals surface area contributed by atoms with E-state index in [2.05, 4.69) is 0 Å². The number of ether oxygens (including phenoxy) is 3. The minimum Gasteiger partial charge on any atom is -0.507 e. The van der Waals surface area contributed by atoms with Crippen molar-refractivity contribution in [2.75, 3.05) is 6.61 Å². The summed E-state index contributed by atoms with van der Waals surface area (Å²) in [6.45, 7) is 2.56. The molecule has 12 nitrogen and oxygen atoms in total. The number of aliphatic hydroxyl groups excluding tert-OH is 4. The van der Waals surface area contributed by atoms with Crippen LogP contribution in [0.2, 0.25) is 0 Å². The lowest BCUT2D eigenvalue weighted by atomic mass is 9.99. The highest BCUT2D eigenvalue weighted by Crippen LogP contribution is 2.35. The molecular formula is C26H26O12. The Labute approximate surface area is 215 Å². The summed E-state index contributed by atoms with van der Waals surface area (Å²) >= 11 is 0. The standard InChI is InChI=1S/C26H26O12/c1-3-11(2)25(34)37-17-5-4-12(6-14(17)28)18-9-16(30)21-15(29)7-13(8-19(21)36-18)35-26-24(33)23(32)22(31)20(10-27)38-26/h3-9,20,22-24,26-29,31-33H,10H2,1-2H3/b11-3-/t20?,22-,23+,24?,26-/m1/s1. The third kappa shape index (κ3) is 5.21. The maximum atomic E-state index is 12.8. The average molecular weight is 530 g/mol. The van der Waals surface area contributed by atoms with Crippen molar-refractivity contribution in [1.29, 1.82) is 0 Å². The number of aliphatic hydroxyl groups is 4. The van der Waals surface area contributed by atoms with Crippen molar-refractivity contribution in [3.8, 4) is 34.3 Å². The van der Waals surface area contributed by atoms with Gasteiger partial charge in [-0.3, -0.25) is 4.79 Å². The number of allylic oxidation sites excluding steroid dienone is 1. The Morgan fingerprint density at radius 3 is 2.42 bits per heavy atom. The summed E-state index contributed by atoms with van der Waals surface area (Å²) in [4.78, 5) is 24.7. The van der Waals surface area contributed by atoms with E-state index in [4.69, 9.17) is 18.6 Å². The zero-order chi connectivity index (χ0) is 27.7. The molecule has 38 heavy (non-hydrogen) atoms. The molecule has 1 aliphatic rings. The normalized spacial score (nSPS) is 23.8. The van der Waals surface area contributed by atoms with E-state index < -0.39 is 54.5 Å². The predicted molar refractivity (Wildman–Crippen MR) is 131 cm³/mol. The van der Waals surface area contributed by atoms with Gasteiger partial charge in [0.25, 0.3) is 0 Å². The Hall–Kier alpha value is -3.94. The lowest BCUT2D eigenvalue weighted by molar-refractivity contribution is -0.277. The Morgan fingerprint density at radius 1 is 1.03 bits per heavy atom. The van der Waals surface area contributed by atoms with Crippen LogP contribution in [0.25, 0.3) is 22.3 Å². The van der Waals surface area contributed by atoms with Gasteiger partial charge in [-0.2, -0.15) is 0 Å². The second kappa shape index (κ2) is 10.8. The fourth-order valence-corrected chi connectivity index (χ4v) is 3.81. The first kappa shape index (κ1) is 27.1. The molecule has 12 heteroatoms. The number of hydrogen-bond donors (Lipinski definition) is 6. The van der Waals surface area contributed by atoms with Gasteiger partial charge in [0.15, 0.2) is 16.9 Å². The second-order valence-corrected chi connectivity index (χ2v) is 8.65. The van der Waals surface area contributed by atoms with Gasteiger partial charge >= 0.3 is 5.97 Å². The van der Waals surface area contributed by atoms with E-state index >= 15 is 0 Å². The van der Waals surface area contributed by atoms with Crippen molar-refractivity contribution in [3.05, 3.63) is 58.3 Å². The van der Waals surface area contributed by atoms with Crippen molar-refractivity contribution >= 4 is 16.9 Å². The van der Waals surface area contributed by atoms with Crippen LogP contribution in [0.1, 0.15) is 13.8 Å². The Morgan fingerprint density at radius 2 is 1.76 bits per heavy atom. The molecule has 1 aliphatic heterocycles. The van der Waals surface area contributed by atoms with Crippen LogP contribution in [0.3, 0.4) is 0 Å². The summed E-state index contributed by atoms with van der Waals surface area (Å²) in [6.07, 6.45) is -6.15. The van der Waals surface area contributed by atoms with Gasteiger partial charge in [0.05, 0.1) is 6.61 Å². The van der Waals surface area contributed by atoms with Crippen LogP contribution < -0.4 is 14.9 Å². The largest absolute Gasteiger partial charge is 0.507 e. The van der Waals surface area contributed by atoms with Gasteiger partial charge in [-0.25, -0.2) is 4.79 Å². The van der Waals surface area contributed by atoms with Gasteiger partial charge in [0, 0.05) is 29.3 Å². The Balaban J connectivity index is 1.66. The molecule has 6 N–H and O–H groups in total. The molecule has 0 aliphatic carbocycles. The highest BCUT2D eigenvalue weighted by Gasteiger charge is 2.44. The summed E-state index contributed by atoms with van der Waals surface area (Å²) in [7, 11) is 0. The highest BCUT2D eigenvalue weighted by molar-refractivity contribution is 5.90. The molecule has 2 heterocycles. The van der Waals surface area contributed by atoms with Crippen molar-refractivity contribution in [1.82, 2.24) is 0 Å². The molecule has 5 atom stereocenters. The molecule has 1 fully saturated rings. The van der Waals surface area contributed by atoms with E-state index in [0.717, 1.165) is 12.1 Å². The third-order valence-electron chi connectivity index (χ3n) is 6.09. The Kier molecular flexibility index (Phi) is 7.71. The fourth-order valence-electron chi connectivity index (χ4n) is 3.81. The molecule has 2 unspecified atom stereocenters. The van der Waals surface area contributed by atoms with Gasteiger partial charge in [-0.15, -0.1) is 0 Å². The summed E-state index contributed by atoms with van der Waals surface area (Å²) in [5.74, 6) is -1.75. The molecule has 0 amide bonds. The van der Waals surface area contributed by atoms with Crippen LogP contribution in [0.4, 0.5) is 0 Å². The molecule has 2 aromatic carbocycles. The van der Waals surface area contributed by atoms with Crippen LogP contribution >= 0.6 is 0 Å². The maximum Gasteiger partial charge on any atom is 0.338 e. The van der Waals surface area contributed by atoms with Gasteiger partial charge in [-0.05, 0) is 32.0 Å². The number of hydrogen-bond acceptors (Lipinski definition) is 12. The van der Waals surface area contributed by atoms with Crippen LogP contribution in [0.5, 0.6) is 23.0 Å². The van der Waals surface area contributed by atoms with Crippen molar-refractivity contribution in [2.45, 2.75) is 44.6 Å². The van der Waals surface area contributed by atoms with E-state index in [1.165, 1.54) is 24.3 Å². The quantitative estimate of drug-likeness (QED) is 0.150. The minimum absolute atomic E-state index is 0.00435. The summed E-state index contributed by atoms with van der Waals surface area (Å²) in [5.41, 5.74) is -0.137. The van der Waals surface area contributed by atoms with Crippen LogP contribution in [0, 0.1) is 0 Å². The lowest BCUT2D eigenvalue weighted by Crippen LogP contribution is -2.60. The van der Waals surface area contributed by atoms with E-state index in [1.807, 2.05) is 0 Å². The molecule has 1 aromatic heterocycles. The van der Waals surface area contributed by atoms with Gasteiger partial charge in [-0.1, -0.05) is 6.08 Å². The topological polar surface area (TPSA) is 196 Å². The van der Waals surface area contributed by atoms with Gasteiger partial charge in [0.2, 0.25) is 6.29 Å². The number of benzene rings is 2. The summed E-state index contributed by atoms with van der Waals surface area (Å²) < 4.78 is 21.7. The molecular weight excluding hydrogens is 504 g/mol. The zero-order valence-electron chi connectivity index (χ0n) is 20.3. The molecule has 0 saturated carbocycles. The maximum absolute atomic E-state index is 12.8. The van der Waals surface area contributed by atoms with E-state index in [0.29, 0.717) is 5.57 Å². The molecule has 3 aromatic rings. The number of esters is 1. The average Bonchev–Trinajstić information content (AvgIpc) is 2.89.